The number of amides is 1. The van der Waals surface area contributed by atoms with Crippen molar-refractivity contribution in [3.05, 3.63) is 83.4 Å². The van der Waals surface area contributed by atoms with Crippen LogP contribution in [0.3, 0.4) is 0 Å². The van der Waals surface area contributed by atoms with Gasteiger partial charge in [-0.3, -0.25) is 9.59 Å². The third-order valence-electron chi connectivity index (χ3n) is 5.26. The predicted octanol–water partition coefficient (Wildman–Crippen LogP) is 0.928. The molecule has 1 aliphatic rings. The summed E-state index contributed by atoms with van der Waals surface area (Å²) >= 11 is 0. The van der Waals surface area contributed by atoms with Gasteiger partial charge in [0.25, 0.3) is 5.91 Å². The molecule has 6 heteroatoms. The molecule has 1 unspecified atom stereocenters. The highest BCUT2D eigenvalue weighted by Crippen LogP contribution is 2.38. The molecule has 1 atom stereocenters. The summed E-state index contributed by atoms with van der Waals surface area (Å²) in [6.45, 7) is 6.98. The molecule has 0 bridgehead atoms. The van der Waals surface area contributed by atoms with E-state index >= 15 is 0 Å². The molecular formula is C25H28N2O4. The molecule has 0 radical (unpaired) electrons. The topological polar surface area (TPSA) is 74.1 Å². The monoisotopic (exact) mass is 420 g/mol. The van der Waals surface area contributed by atoms with Crippen molar-refractivity contribution in [1.29, 1.82) is 0 Å². The second-order valence-electron chi connectivity index (χ2n) is 7.96. The molecule has 1 fully saturated rings. The molecule has 0 aromatic heterocycles. The summed E-state index contributed by atoms with van der Waals surface area (Å²) in [5.41, 5.74) is 2.17. The van der Waals surface area contributed by atoms with Crippen molar-refractivity contribution >= 4 is 17.4 Å². The summed E-state index contributed by atoms with van der Waals surface area (Å²) in [5, 5.41) is 13.4. The van der Waals surface area contributed by atoms with E-state index in [4.69, 9.17) is 4.74 Å². The molecule has 6 nitrogen and oxygen atoms in total. The van der Waals surface area contributed by atoms with Crippen LogP contribution in [-0.4, -0.2) is 50.4 Å². The highest BCUT2D eigenvalue weighted by molar-refractivity contribution is 6.46. The molecule has 2 aromatic rings. The Morgan fingerprint density at radius 1 is 1.13 bits per heavy atom. The number of hydrogen-bond donors (Lipinski definition) is 1. The largest absolute Gasteiger partial charge is 0.872 e. The zero-order chi connectivity index (χ0) is 22.5. The van der Waals surface area contributed by atoms with Gasteiger partial charge in [0.1, 0.15) is 12.4 Å². The average molecular weight is 421 g/mol. The first-order chi connectivity index (χ1) is 14.8. The number of carbonyl (C=O) groups excluding carboxylic acids is 2. The van der Waals surface area contributed by atoms with Gasteiger partial charge in [0.15, 0.2) is 0 Å². The zero-order valence-electron chi connectivity index (χ0n) is 18.2. The fraction of sp³-hybridized carbons (Fsp3) is 0.280. The van der Waals surface area contributed by atoms with E-state index in [0.717, 1.165) is 16.0 Å². The second kappa shape index (κ2) is 9.62. The van der Waals surface area contributed by atoms with Gasteiger partial charge in [-0.25, -0.2) is 0 Å². The Morgan fingerprint density at radius 2 is 1.77 bits per heavy atom. The van der Waals surface area contributed by atoms with Crippen LogP contribution in [0.2, 0.25) is 0 Å². The molecule has 162 valence electrons. The minimum Gasteiger partial charge on any atom is -0.872 e. The number of ketones is 1. The quantitative estimate of drug-likeness (QED) is 0.298. The van der Waals surface area contributed by atoms with Crippen molar-refractivity contribution in [3.63, 3.8) is 0 Å². The molecule has 0 spiro atoms. The minimum absolute atomic E-state index is 0.00219. The van der Waals surface area contributed by atoms with E-state index in [2.05, 4.69) is 6.58 Å². The van der Waals surface area contributed by atoms with Crippen molar-refractivity contribution < 1.29 is 24.3 Å². The number of benzene rings is 2. The molecule has 1 aliphatic heterocycles. The first kappa shape index (κ1) is 22.3. The van der Waals surface area contributed by atoms with Crippen molar-refractivity contribution in [2.24, 2.45) is 0 Å². The maximum absolute atomic E-state index is 13.4. The first-order valence-electron chi connectivity index (χ1n) is 10.3. The van der Waals surface area contributed by atoms with Crippen LogP contribution in [0.25, 0.3) is 5.76 Å². The molecule has 31 heavy (non-hydrogen) atoms. The number of nitrogens with zero attached hydrogens (tertiary/aromatic N) is 1. The molecule has 2 aromatic carbocycles. The number of rotatable bonds is 8. The molecular weight excluding hydrogens is 392 g/mol. The van der Waals surface area contributed by atoms with Crippen LogP contribution >= 0.6 is 0 Å². The van der Waals surface area contributed by atoms with Crippen LogP contribution in [0.5, 0.6) is 5.75 Å². The van der Waals surface area contributed by atoms with Crippen LogP contribution in [-0.2, 0) is 9.59 Å². The van der Waals surface area contributed by atoms with Gasteiger partial charge >= 0.3 is 0 Å². The van der Waals surface area contributed by atoms with E-state index in [9.17, 15) is 14.7 Å². The number of hydrogen-bond acceptors (Lipinski definition) is 4. The zero-order valence-corrected chi connectivity index (χ0v) is 18.2. The summed E-state index contributed by atoms with van der Waals surface area (Å²) < 4.78 is 5.46. The van der Waals surface area contributed by atoms with Crippen molar-refractivity contribution in [1.82, 2.24) is 4.90 Å². The lowest BCUT2D eigenvalue weighted by atomic mass is 9.94. The van der Waals surface area contributed by atoms with Crippen LogP contribution in [0, 0.1) is 6.92 Å². The highest BCUT2D eigenvalue weighted by Gasteiger charge is 2.44. The van der Waals surface area contributed by atoms with Gasteiger partial charge in [0.2, 0.25) is 5.78 Å². The number of likely N-dealkylation sites (tertiary alicyclic amines) is 1. The van der Waals surface area contributed by atoms with Gasteiger partial charge in [-0.2, -0.15) is 0 Å². The lowest BCUT2D eigenvalue weighted by Crippen LogP contribution is -3.06. The third kappa shape index (κ3) is 4.86. The summed E-state index contributed by atoms with van der Waals surface area (Å²) in [6.07, 6.45) is 1.63. The summed E-state index contributed by atoms with van der Waals surface area (Å²) in [5.74, 6) is -1.18. The Hall–Kier alpha value is -3.38. The van der Waals surface area contributed by atoms with Crippen molar-refractivity contribution in [2.45, 2.75) is 13.0 Å². The molecule has 3 rings (SSSR count). The van der Waals surface area contributed by atoms with E-state index < -0.39 is 23.5 Å². The summed E-state index contributed by atoms with van der Waals surface area (Å²) in [4.78, 5) is 28.5. The van der Waals surface area contributed by atoms with Crippen molar-refractivity contribution in [2.75, 3.05) is 33.8 Å². The molecule has 0 aliphatic carbocycles. The lowest BCUT2D eigenvalue weighted by Gasteiger charge is -2.27. The number of quaternary nitrogens is 1. The SMILES string of the molecule is C=CCOc1ccc(C([O-])=C2C(=O)C(=O)N(CC[NH+](C)C)C2c2ccc(C)cc2)cc1. The Labute approximate surface area is 183 Å². The number of aryl methyl sites for hydroxylation is 1. The molecule has 1 amide bonds. The number of ether oxygens (including phenoxy) is 1. The normalized spacial score (nSPS) is 17.9. The first-order valence-corrected chi connectivity index (χ1v) is 10.3. The average Bonchev–Trinajstić information content (AvgIpc) is 3.01. The van der Waals surface area contributed by atoms with Crippen LogP contribution in [0.1, 0.15) is 22.7 Å². The number of Topliss-reactive ketones (excluding diaryl/α,β-unsaturated/α-hetero) is 1. The van der Waals surface area contributed by atoms with E-state index in [0.29, 0.717) is 31.0 Å². The number of carbonyl (C=O) groups is 2. The van der Waals surface area contributed by atoms with Crippen LogP contribution < -0.4 is 14.7 Å². The summed E-state index contributed by atoms with van der Waals surface area (Å²) in [7, 11) is 3.96. The second-order valence-corrected chi connectivity index (χ2v) is 7.96. The summed E-state index contributed by atoms with van der Waals surface area (Å²) in [6, 6.07) is 13.5. The standard InChI is InChI=1S/C25H28N2O4/c1-5-16-31-20-12-10-19(11-13-20)23(28)21-22(18-8-6-17(2)7-9-18)27(15-14-26(3)4)25(30)24(21)29/h5-13,22,28H,1,14-16H2,2-4H3. The van der Waals surface area contributed by atoms with Crippen molar-refractivity contribution in [3.8, 4) is 5.75 Å². The number of nitrogens with one attached hydrogen (secondary N) is 1. The number of likely N-dealkylation sites (N-methyl/N-ethyl adjacent to an activating group) is 1. The fourth-order valence-corrected chi connectivity index (χ4v) is 3.55. The smallest absolute Gasteiger partial charge is 0.295 e. The van der Waals surface area contributed by atoms with Gasteiger partial charge in [0, 0.05) is 5.57 Å². The van der Waals surface area contributed by atoms with Gasteiger partial charge in [0.05, 0.1) is 33.2 Å². The van der Waals surface area contributed by atoms with Gasteiger partial charge < -0.3 is 19.6 Å². The Balaban J connectivity index is 2.05. The van der Waals surface area contributed by atoms with Gasteiger partial charge in [-0.1, -0.05) is 60.4 Å². The lowest BCUT2D eigenvalue weighted by molar-refractivity contribution is -0.857. The Bertz CT molecular complexity index is 991. The van der Waals surface area contributed by atoms with E-state index in [-0.39, 0.29) is 5.57 Å². The molecule has 1 heterocycles. The molecule has 1 saturated heterocycles. The van der Waals surface area contributed by atoms with E-state index in [1.807, 2.05) is 45.3 Å². The Kier molecular flexibility index (Phi) is 6.92. The van der Waals surface area contributed by atoms with E-state index in [1.165, 1.54) is 4.90 Å². The minimum atomic E-state index is -0.726. The molecule has 0 saturated carbocycles. The maximum Gasteiger partial charge on any atom is 0.295 e. The third-order valence-corrected chi connectivity index (χ3v) is 5.26. The maximum atomic E-state index is 13.4. The molecule has 1 N–H and O–H groups in total. The highest BCUT2D eigenvalue weighted by atomic mass is 16.5. The predicted molar refractivity (Wildman–Crippen MR) is 117 cm³/mol. The Morgan fingerprint density at radius 3 is 2.35 bits per heavy atom. The van der Waals surface area contributed by atoms with Gasteiger partial charge in [-0.15, -0.1) is 0 Å². The van der Waals surface area contributed by atoms with Crippen LogP contribution in [0.4, 0.5) is 0 Å². The van der Waals surface area contributed by atoms with Gasteiger partial charge in [-0.05, 0) is 30.2 Å². The fourth-order valence-electron chi connectivity index (χ4n) is 3.55. The van der Waals surface area contributed by atoms with Crippen LogP contribution in [0.15, 0.2) is 66.8 Å². The van der Waals surface area contributed by atoms with E-state index in [1.54, 1.807) is 30.3 Å².